The molecule has 1 aliphatic heterocycles. The summed E-state index contributed by atoms with van der Waals surface area (Å²) in [4.78, 5) is 3.73. The number of hydrogen-bond donors (Lipinski definition) is 0. The Morgan fingerprint density at radius 3 is 2.30 bits per heavy atom. The molecule has 0 bridgehead atoms. The molecule has 0 N–H and O–H groups in total. The zero-order valence-electron chi connectivity index (χ0n) is 16.3. The van der Waals surface area contributed by atoms with Crippen molar-refractivity contribution in [2.75, 3.05) is 7.11 Å². The van der Waals surface area contributed by atoms with Crippen LogP contribution < -0.4 is 4.74 Å². The molecule has 3 rings (SSSR count). The number of thioether (sulfide) groups is 1. The van der Waals surface area contributed by atoms with Crippen LogP contribution in [0.1, 0.15) is 43.4 Å². The summed E-state index contributed by atoms with van der Waals surface area (Å²) in [5.74, 6) is 0.887. The average molecular weight is 398 g/mol. The predicted octanol–water partition coefficient (Wildman–Crippen LogP) is 6.30. The minimum Gasteiger partial charge on any atom is -0.497 e. The van der Waals surface area contributed by atoms with Gasteiger partial charge in [-0.1, -0.05) is 80.6 Å². The predicted molar refractivity (Wildman–Crippen MR) is 121 cm³/mol. The molecule has 0 aromatic heterocycles. The summed E-state index contributed by atoms with van der Waals surface area (Å²) >= 11 is 7.48. The van der Waals surface area contributed by atoms with Gasteiger partial charge in [0.15, 0.2) is 0 Å². The van der Waals surface area contributed by atoms with E-state index in [1.165, 1.54) is 21.6 Å². The topological polar surface area (TPSA) is 12.5 Å². The molecule has 1 aliphatic rings. The summed E-state index contributed by atoms with van der Waals surface area (Å²) in [5.41, 5.74) is 3.89. The van der Waals surface area contributed by atoms with Gasteiger partial charge >= 0.3 is 0 Å². The average Bonchev–Trinajstić information content (AvgIpc) is 2.98. The molecule has 142 valence electrons. The van der Waals surface area contributed by atoms with Gasteiger partial charge in [-0.15, -0.1) is 0 Å². The summed E-state index contributed by atoms with van der Waals surface area (Å²) in [7, 11) is 1.70. The van der Waals surface area contributed by atoms with Crippen molar-refractivity contribution in [2.45, 2.75) is 45.7 Å². The third-order valence-corrected chi connectivity index (χ3v) is 6.43. The van der Waals surface area contributed by atoms with Gasteiger partial charge in [-0.3, -0.25) is 0 Å². The maximum atomic E-state index is 5.74. The second-order valence-electron chi connectivity index (χ2n) is 6.79. The summed E-state index contributed by atoms with van der Waals surface area (Å²) < 4.78 is 6.24. The Bertz CT molecular complexity index is 796. The SMILES string of the molecule is CCCC1/C(=C/c2ccc(CC)cc2)SC(=S)N1Cc1ccc(OC)cc1. The van der Waals surface area contributed by atoms with Gasteiger partial charge in [-0.2, -0.15) is 0 Å². The van der Waals surface area contributed by atoms with Gasteiger partial charge in [0, 0.05) is 11.4 Å². The first-order chi connectivity index (χ1) is 13.1. The lowest BCUT2D eigenvalue weighted by atomic mass is 10.1. The zero-order chi connectivity index (χ0) is 19.2. The van der Waals surface area contributed by atoms with Crippen molar-refractivity contribution in [3.63, 3.8) is 0 Å². The van der Waals surface area contributed by atoms with Crippen LogP contribution in [0.2, 0.25) is 0 Å². The molecule has 0 radical (unpaired) electrons. The van der Waals surface area contributed by atoms with Gasteiger partial charge in [0.2, 0.25) is 0 Å². The number of methoxy groups -OCH3 is 1. The first-order valence-electron chi connectivity index (χ1n) is 9.56. The number of thiocarbonyl (C=S) groups is 1. The van der Waals surface area contributed by atoms with Crippen molar-refractivity contribution >= 4 is 34.4 Å². The molecule has 27 heavy (non-hydrogen) atoms. The van der Waals surface area contributed by atoms with Crippen LogP contribution in [-0.2, 0) is 13.0 Å². The van der Waals surface area contributed by atoms with Crippen LogP contribution in [0.25, 0.3) is 6.08 Å². The van der Waals surface area contributed by atoms with E-state index in [-0.39, 0.29) is 0 Å². The Morgan fingerprint density at radius 1 is 1.04 bits per heavy atom. The van der Waals surface area contributed by atoms with Crippen LogP contribution in [0, 0.1) is 0 Å². The lowest BCUT2D eigenvalue weighted by Gasteiger charge is -2.26. The monoisotopic (exact) mass is 397 g/mol. The number of benzene rings is 2. The fourth-order valence-corrected chi connectivity index (χ4v) is 4.89. The lowest BCUT2D eigenvalue weighted by Crippen LogP contribution is -2.31. The Balaban J connectivity index is 1.81. The van der Waals surface area contributed by atoms with Gasteiger partial charge in [0.1, 0.15) is 10.1 Å². The molecule has 0 saturated carbocycles. The quantitative estimate of drug-likeness (QED) is 0.508. The summed E-state index contributed by atoms with van der Waals surface area (Å²) in [6, 6.07) is 17.5. The molecular weight excluding hydrogens is 370 g/mol. The second-order valence-corrected chi connectivity index (χ2v) is 8.50. The largest absolute Gasteiger partial charge is 0.497 e. The Kier molecular flexibility index (Phi) is 6.97. The van der Waals surface area contributed by atoms with Gasteiger partial charge in [-0.05, 0) is 47.7 Å². The van der Waals surface area contributed by atoms with Crippen LogP contribution in [-0.4, -0.2) is 22.4 Å². The molecule has 2 aromatic carbocycles. The van der Waals surface area contributed by atoms with E-state index in [4.69, 9.17) is 17.0 Å². The molecule has 4 heteroatoms. The molecule has 1 atom stereocenters. The van der Waals surface area contributed by atoms with E-state index in [2.05, 4.69) is 61.2 Å². The fourth-order valence-electron chi connectivity index (χ4n) is 3.32. The summed E-state index contributed by atoms with van der Waals surface area (Å²) in [5, 5.41) is 0. The highest BCUT2D eigenvalue weighted by Crippen LogP contribution is 2.40. The highest BCUT2D eigenvalue weighted by molar-refractivity contribution is 8.26. The van der Waals surface area contributed by atoms with E-state index in [9.17, 15) is 0 Å². The van der Waals surface area contributed by atoms with Gasteiger partial charge in [0.25, 0.3) is 0 Å². The lowest BCUT2D eigenvalue weighted by molar-refractivity contribution is 0.348. The van der Waals surface area contributed by atoms with Gasteiger partial charge in [0.05, 0.1) is 13.2 Å². The third kappa shape index (κ3) is 4.94. The smallest absolute Gasteiger partial charge is 0.141 e. The normalized spacial score (nSPS) is 18.3. The Morgan fingerprint density at radius 2 is 1.70 bits per heavy atom. The molecule has 0 amide bonds. The van der Waals surface area contributed by atoms with Crippen molar-refractivity contribution in [3.05, 3.63) is 70.1 Å². The standard InChI is InChI=1S/C23H27NOS2/c1-4-6-21-22(15-18-9-7-17(5-2)8-10-18)27-23(26)24(21)16-19-11-13-20(25-3)14-12-19/h7-15,21H,4-6,16H2,1-3H3/b22-15-. The van der Waals surface area contributed by atoms with Crippen molar-refractivity contribution in [1.82, 2.24) is 4.90 Å². The molecule has 2 aromatic rings. The number of nitrogens with zero attached hydrogens (tertiary/aromatic N) is 1. The summed E-state index contributed by atoms with van der Waals surface area (Å²) in [6.07, 6.45) is 5.63. The molecule has 1 unspecified atom stereocenters. The van der Waals surface area contributed by atoms with Crippen molar-refractivity contribution in [1.29, 1.82) is 0 Å². The fraction of sp³-hybridized carbons (Fsp3) is 0.348. The zero-order valence-corrected chi connectivity index (χ0v) is 17.9. The number of aryl methyl sites for hydroxylation is 1. The van der Waals surface area contributed by atoms with Crippen molar-refractivity contribution in [3.8, 4) is 5.75 Å². The van der Waals surface area contributed by atoms with E-state index >= 15 is 0 Å². The van der Waals surface area contributed by atoms with Gasteiger partial charge in [-0.25, -0.2) is 0 Å². The van der Waals surface area contributed by atoms with E-state index in [1.807, 2.05) is 12.1 Å². The number of ether oxygens (including phenoxy) is 1. The van der Waals surface area contributed by atoms with Crippen LogP contribution in [0.3, 0.4) is 0 Å². The highest BCUT2D eigenvalue weighted by atomic mass is 32.2. The molecule has 2 nitrogen and oxygen atoms in total. The van der Waals surface area contributed by atoms with Gasteiger partial charge < -0.3 is 9.64 Å². The minimum atomic E-state index is 0.362. The Hall–Kier alpha value is -1.78. The maximum absolute atomic E-state index is 5.74. The van der Waals surface area contributed by atoms with E-state index in [0.29, 0.717) is 6.04 Å². The summed E-state index contributed by atoms with van der Waals surface area (Å²) in [6.45, 7) is 5.27. The molecule has 1 heterocycles. The molecule has 0 spiro atoms. The molecule has 0 aliphatic carbocycles. The van der Waals surface area contributed by atoms with Crippen LogP contribution in [0.5, 0.6) is 5.75 Å². The first kappa shape index (κ1) is 20.0. The van der Waals surface area contributed by atoms with Crippen LogP contribution >= 0.6 is 24.0 Å². The van der Waals surface area contributed by atoms with Crippen molar-refractivity contribution < 1.29 is 4.74 Å². The molecule has 1 fully saturated rings. The number of hydrogen-bond acceptors (Lipinski definition) is 3. The van der Waals surface area contributed by atoms with E-state index < -0.39 is 0 Å². The maximum Gasteiger partial charge on any atom is 0.141 e. The van der Waals surface area contributed by atoms with E-state index in [1.54, 1.807) is 18.9 Å². The first-order valence-corrected chi connectivity index (χ1v) is 10.8. The molecule has 1 saturated heterocycles. The Labute approximate surface area is 172 Å². The highest BCUT2D eigenvalue weighted by Gasteiger charge is 2.32. The number of rotatable bonds is 7. The molecular formula is C23H27NOS2. The van der Waals surface area contributed by atoms with E-state index in [0.717, 1.165) is 35.9 Å². The second kappa shape index (κ2) is 9.43. The van der Waals surface area contributed by atoms with Crippen LogP contribution in [0.4, 0.5) is 0 Å². The van der Waals surface area contributed by atoms with Crippen LogP contribution in [0.15, 0.2) is 53.4 Å². The minimum absolute atomic E-state index is 0.362. The van der Waals surface area contributed by atoms with Crippen molar-refractivity contribution in [2.24, 2.45) is 0 Å². The third-order valence-electron chi connectivity index (χ3n) is 4.92.